The van der Waals surface area contributed by atoms with Crippen molar-refractivity contribution in [2.45, 2.75) is 46.1 Å². The molecule has 0 aliphatic heterocycles. The number of tetrazole rings is 1. The summed E-state index contributed by atoms with van der Waals surface area (Å²) in [6.45, 7) is 6.13. The Balaban J connectivity index is 1.83. The van der Waals surface area contributed by atoms with Gasteiger partial charge in [-0.2, -0.15) is 0 Å². The predicted octanol–water partition coefficient (Wildman–Crippen LogP) is 3.50. The zero-order valence-electron chi connectivity index (χ0n) is 21.4. The lowest BCUT2D eigenvalue weighted by atomic mass is 9.84. The average molecular weight is 505 g/mol. The van der Waals surface area contributed by atoms with E-state index in [-0.39, 0.29) is 25.5 Å². The van der Waals surface area contributed by atoms with Crippen LogP contribution in [0.5, 0.6) is 0 Å². The molecule has 0 bridgehead atoms. The Labute approximate surface area is 216 Å². The van der Waals surface area contributed by atoms with Crippen LogP contribution in [0, 0.1) is 5.41 Å². The van der Waals surface area contributed by atoms with Crippen molar-refractivity contribution in [1.29, 1.82) is 0 Å². The van der Waals surface area contributed by atoms with Gasteiger partial charge in [0.2, 0.25) is 5.91 Å². The van der Waals surface area contributed by atoms with Crippen LogP contribution >= 0.6 is 0 Å². The average Bonchev–Trinajstić information content (AvgIpc) is 3.54. The Bertz CT molecular complexity index is 1270. The molecule has 4 rings (SSSR count). The van der Waals surface area contributed by atoms with Crippen LogP contribution in [0.4, 0.5) is 4.39 Å². The van der Waals surface area contributed by atoms with Crippen molar-refractivity contribution in [3.63, 3.8) is 0 Å². The summed E-state index contributed by atoms with van der Waals surface area (Å²) in [5.41, 5.74) is 7.99. The van der Waals surface area contributed by atoms with E-state index < -0.39 is 17.6 Å². The molecule has 0 radical (unpaired) electrons. The molecule has 0 saturated heterocycles. The summed E-state index contributed by atoms with van der Waals surface area (Å²) in [6.07, 6.45) is 1.96. The minimum Gasteiger partial charge on any atom is -0.328 e. The maximum absolute atomic E-state index is 14.8. The van der Waals surface area contributed by atoms with Gasteiger partial charge in [0.1, 0.15) is 24.9 Å². The highest BCUT2D eigenvalue weighted by Gasteiger charge is 2.39. The Hall–Kier alpha value is -3.92. The van der Waals surface area contributed by atoms with E-state index in [2.05, 4.69) is 20.1 Å². The van der Waals surface area contributed by atoms with Gasteiger partial charge >= 0.3 is 0 Å². The second-order valence-electron chi connectivity index (χ2n) is 10.1. The molecular weight excluding hydrogens is 471 g/mol. The SMILES string of the molecule is CC(C)(C)C(c1nc(-c2ccccc2)cn1Cc1ccccc1)N(CC(F)CN)C(=O)Cn1cnnn1. The number of alkyl halides is 1. The van der Waals surface area contributed by atoms with Crippen molar-refractivity contribution in [3.05, 3.63) is 84.6 Å². The molecule has 2 N–H and O–H groups in total. The van der Waals surface area contributed by atoms with Crippen LogP contribution in [0.1, 0.15) is 38.2 Å². The molecule has 1 amide bonds. The molecule has 0 fully saturated rings. The highest BCUT2D eigenvalue weighted by Crippen LogP contribution is 2.39. The Morgan fingerprint density at radius 3 is 2.35 bits per heavy atom. The van der Waals surface area contributed by atoms with Crippen LogP contribution in [0.2, 0.25) is 0 Å². The molecular formula is C27H33FN8O. The van der Waals surface area contributed by atoms with Gasteiger partial charge in [-0.1, -0.05) is 81.4 Å². The second kappa shape index (κ2) is 11.4. The molecule has 4 aromatic rings. The first-order valence-corrected chi connectivity index (χ1v) is 12.3. The normalized spacial score (nSPS) is 13.3. The first-order valence-electron chi connectivity index (χ1n) is 12.3. The van der Waals surface area contributed by atoms with E-state index in [1.165, 1.54) is 15.9 Å². The van der Waals surface area contributed by atoms with Crippen LogP contribution in [-0.4, -0.2) is 59.8 Å². The zero-order chi connectivity index (χ0) is 26.4. The zero-order valence-corrected chi connectivity index (χ0v) is 21.4. The van der Waals surface area contributed by atoms with Gasteiger partial charge in [0.05, 0.1) is 18.3 Å². The first-order chi connectivity index (χ1) is 17.8. The smallest absolute Gasteiger partial charge is 0.245 e. The monoisotopic (exact) mass is 504 g/mol. The Morgan fingerprint density at radius 1 is 1.08 bits per heavy atom. The van der Waals surface area contributed by atoms with Gasteiger partial charge in [-0.3, -0.25) is 4.79 Å². The molecule has 194 valence electrons. The molecule has 2 aromatic heterocycles. The number of halogens is 1. The summed E-state index contributed by atoms with van der Waals surface area (Å²) in [7, 11) is 0. The maximum atomic E-state index is 14.8. The minimum atomic E-state index is -1.39. The lowest BCUT2D eigenvalue weighted by Gasteiger charge is -2.40. The van der Waals surface area contributed by atoms with Crippen LogP contribution in [0.3, 0.4) is 0 Å². The highest BCUT2D eigenvalue weighted by molar-refractivity contribution is 5.76. The number of aromatic nitrogens is 6. The van der Waals surface area contributed by atoms with E-state index >= 15 is 0 Å². The summed E-state index contributed by atoms with van der Waals surface area (Å²) in [6, 6.07) is 19.4. The van der Waals surface area contributed by atoms with Crippen molar-refractivity contribution in [1.82, 2.24) is 34.7 Å². The fraction of sp³-hybridized carbons (Fsp3) is 0.370. The molecule has 0 aliphatic carbocycles. The van der Waals surface area contributed by atoms with Gasteiger partial charge in [0.25, 0.3) is 0 Å². The number of hydrogen-bond acceptors (Lipinski definition) is 6. The Kier molecular flexibility index (Phi) is 8.08. The standard InChI is InChI=1S/C27H33FN8O/c1-27(2,3)25(36(16-22(28)14-29)24(37)18-35-19-30-32-33-35)26-31-23(21-12-8-5-9-13-21)17-34(26)15-20-10-6-4-7-11-20/h4-13,17,19,22,25H,14-16,18,29H2,1-3H3. The van der Waals surface area contributed by atoms with E-state index in [1.54, 1.807) is 0 Å². The number of carbonyl (C=O) groups is 1. The number of imidazole rings is 1. The van der Waals surface area contributed by atoms with Gasteiger partial charge in [0, 0.05) is 24.8 Å². The van der Waals surface area contributed by atoms with Crippen molar-refractivity contribution in [2.24, 2.45) is 11.1 Å². The molecule has 0 aliphatic rings. The fourth-order valence-corrected chi connectivity index (χ4v) is 4.42. The number of hydrogen-bond donors (Lipinski definition) is 1. The maximum Gasteiger partial charge on any atom is 0.245 e. The summed E-state index contributed by atoms with van der Waals surface area (Å²) < 4.78 is 18.2. The molecule has 37 heavy (non-hydrogen) atoms. The van der Waals surface area contributed by atoms with Gasteiger partial charge in [0.15, 0.2) is 0 Å². The molecule has 2 heterocycles. The van der Waals surface area contributed by atoms with Gasteiger partial charge in [-0.25, -0.2) is 14.1 Å². The van der Waals surface area contributed by atoms with Crippen molar-refractivity contribution in [2.75, 3.05) is 13.1 Å². The van der Waals surface area contributed by atoms with E-state index in [9.17, 15) is 9.18 Å². The molecule has 0 spiro atoms. The molecule has 9 nitrogen and oxygen atoms in total. The summed E-state index contributed by atoms with van der Waals surface area (Å²) in [5.74, 6) is 0.350. The van der Waals surface area contributed by atoms with Gasteiger partial charge < -0.3 is 15.2 Å². The van der Waals surface area contributed by atoms with Gasteiger partial charge in [-0.15, -0.1) is 5.10 Å². The van der Waals surface area contributed by atoms with Crippen LogP contribution < -0.4 is 5.73 Å². The number of amides is 1. The van der Waals surface area contributed by atoms with E-state index in [1.807, 2.05) is 87.6 Å². The third-order valence-corrected chi connectivity index (χ3v) is 6.11. The van der Waals surface area contributed by atoms with Gasteiger partial charge in [-0.05, 0) is 21.4 Å². The quantitative estimate of drug-likeness (QED) is 0.354. The number of benzene rings is 2. The topological polar surface area (TPSA) is 108 Å². The lowest BCUT2D eigenvalue weighted by Crippen LogP contribution is -2.47. The molecule has 2 aromatic carbocycles. The first kappa shape index (κ1) is 26.2. The molecule has 2 unspecified atom stereocenters. The molecule has 2 atom stereocenters. The van der Waals surface area contributed by atoms with Crippen LogP contribution in [0.15, 0.2) is 73.2 Å². The second-order valence-corrected chi connectivity index (χ2v) is 10.1. The lowest BCUT2D eigenvalue weighted by molar-refractivity contribution is -0.138. The fourth-order valence-electron chi connectivity index (χ4n) is 4.42. The summed E-state index contributed by atoms with van der Waals surface area (Å²) in [5, 5.41) is 11.0. The van der Waals surface area contributed by atoms with E-state index in [0.29, 0.717) is 12.4 Å². The largest absolute Gasteiger partial charge is 0.328 e. The predicted molar refractivity (Wildman–Crippen MR) is 139 cm³/mol. The van der Waals surface area contributed by atoms with E-state index in [4.69, 9.17) is 10.7 Å². The summed E-state index contributed by atoms with van der Waals surface area (Å²) >= 11 is 0. The molecule has 10 heteroatoms. The highest BCUT2D eigenvalue weighted by atomic mass is 19.1. The Morgan fingerprint density at radius 2 is 1.76 bits per heavy atom. The van der Waals surface area contributed by atoms with Crippen LogP contribution in [0.25, 0.3) is 11.3 Å². The molecule has 0 saturated carbocycles. The van der Waals surface area contributed by atoms with E-state index in [0.717, 1.165) is 16.8 Å². The minimum absolute atomic E-state index is 0.123. The number of nitrogens with zero attached hydrogens (tertiary/aromatic N) is 7. The number of rotatable bonds is 10. The third-order valence-electron chi connectivity index (χ3n) is 6.11. The van der Waals surface area contributed by atoms with Crippen molar-refractivity contribution < 1.29 is 9.18 Å². The van der Waals surface area contributed by atoms with Crippen LogP contribution in [-0.2, 0) is 17.9 Å². The van der Waals surface area contributed by atoms with Crippen molar-refractivity contribution in [3.8, 4) is 11.3 Å². The number of carbonyl (C=O) groups excluding carboxylic acids is 1. The third kappa shape index (κ3) is 6.45. The number of nitrogens with two attached hydrogens (primary N) is 1. The summed E-state index contributed by atoms with van der Waals surface area (Å²) in [4.78, 5) is 20.2. The van der Waals surface area contributed by atoms with Crippen molar-refractivity contribution >= 4 is 5.91 Å².